The molecule has 146 valence electrons. The Kier molecular flexibility index (Phi) is 4.77. The molecule has 0 unspecified atom stereocenters. The number of fused-ring (bicyclic) bond motifs is 1. The van der Waals surface area contributed by atoms with Gasteiger partial charge in [-0.2, -0.15) is 0 Å². The van der Waals surface area contributed by atoms with Gasteiger partial charge in [-0.1, -0.05) is 0 Å². The van der Waals surface area contributed by atoms with E-state index in [4.69, 9.17) is 9.47 Å². The highest BCUT2D eigenvalue weighted by atomic mass is 19.1. The number of carbonyl (C=O) groups is 2. The number of anilines is 2. The lowest BCUT2D eigenvalue weighted by atomic mass is 10.1. The Balaban J connectivity index is 1.36. The molecule has 0 aliphatic carbocycles. The van der Waals surface area contributed by atoms with E-state index < -0.39 is 5.82 Å². The zero-order valence-corrected chi connectivity index (χ0v) is 15.4. The minimum atomic E-state index is -0.425. The van der Waals surface area contributed by atoms with Crippen LogP contribution >= 0.6 is 0 Å². The SMILES string of the molecule is CC(=O)c1ccc(N2CCN(C(=O)Nc3ccc4c(c3)OCO4)CC2)c(F)c1. The third-order valence-corrected chi connectivity index (χ3v) is 4.89. The van der Waals surface area contributed by atoms with E-state index in [2.05, 4.69) is 5.32 Å². The van der Waals surface area contributed by atoms with Gasteiger partial charge in [-0.3, -0.25) is 4.79 Å². The van der Waals surface area contributed by atoms with E-state index in [-0.39, 0.29) is 18.6 Å². The van der Waals surface area contributed by atoms with Gasteiger partial charge in [0.25, 0.3) is 0 Å². The summed E-state index contributed by atoms with van der Waals surface area (Å²) in [5, 5.41) is 2.85. The molecule has 0 saturated carbocycles. The number of urea groups is 1. The summed E-state index contributed by atoms with van der Waals surface area (Å²) >= 11 is 0. The summed E-state index contributed by atoms with van der Waals surface area (Å²) in [6, 6.07) is 9.52. The third kappa shape index (κ3) is 3.58. The number of amides is 2. The molecule has 0 atom stereocenters. The maximum atomic E-state index is 14.3. The van der Waals surface area contributed by atoms with E-state index in [1.165, 1.54) is 13.0 Å². The van der Waals surface area contributed by atoms with Gasteiger partial charge in [0.05, 0.1) is 5.69 Å². The van der Waals surface area contributed by atoms with Gasteiger partial charge in [-0.25, -0.2) is 9.18 Å². The molecule has 0 aromatic heterocycles. The molecule has 2 aliphatic rings. The molecule has 28 heavy (non-hydrogen) atoms. The summed E-state index contributed by atoms with van der Waals surface area (Å²) in [6.45, 7) is 3.52. The molecule has 2 aliphatic heterocycles. The average Bonchev–Trinajstić information content (AvgIpc) is 3.16. The molecule has 2 aromatic carbocycles. The number of rotatable bonds is 3. The predicted molar refractivity (Wildman–Crippen MR) is 102 cm³/mol. The van der Waals surface area contributed by atoms with Crippen molar-refractivity contribution in [2.45, 2.75) is 6.92 Å². The monoisotopic (exact) mass is 385 g/mol. The van der Waals surface area contributed by atoms with E-state index in [1.54, 1.807) is 35.2 Å². The first-order chi connectivity index (χ1) is 13.5. The zero-order valence-electron chi connectivity index (χ0n) is 15.4. The molecule has 4 rings (SSSR count). The minimum absolute atomic E-state index is 0.171. The largest absolute Gasteiger partial charge is 0.454 e. The molecule has 2 amide bonds. The third-order valence-electron chi connectivity index (χ3n) is 4.89. The highest BCUT2D eigenvalue weighted by molar-refractivity contribution is 5.94. The first kappa shape index (κ1) is 18.1. The lowest BCUT2D eigenvalue weighted by molar-refractivity contribution is 0.101. The van der Waals surface area contributed by atoms with Crippen LogP contribution in [0.15, 0.2) is 36.4 Å². The van der Waals surface area contributed by atoms with Gasteiger partial charge in [-0.15, -0.1) is 0 Å². The van der Waals surface area contributed by atoms with Crippen molar-refractivity contribution in [1.29, 1.82) is 0 Å². The van der Waals surface area contributed by atoms with Crippen LogP contribution in [0.1, 0.15) is 17.3 Å². The van der Waals surface area contributed by atoms with Crippen molar-refractivity contribution < 1.29 is 23.5 Å². The number of nitrogens with one attached hydrogen (secondary N) is 1. The average molecular weight is 385 g/mol. The van der Waals surface area contributed by atoms with Crippen molar-refractivity contribution in [1.82, 2.24) is 4.90 Å². The zero-order chi connectivity index (χ0) is 19.7. The first-order valence-corrected chi connectivity index (χ1v) is 9.02. The summed E-state index contributed by atoms with van der Waals surface area (Å²) in [5.41, 5.74) is 1.42. The molecule has 8 heteroatoms. The van der Waals surface area contributed by atoms with Crippen LogP contribution < -0.4 is 19.7 Å². The smallest absolute Gasteiger partial charge is 0.321 e. The Labute approximate surface area is 161 Å². The molecule has 1 saturated heterocycles. The number of hydrogen-bond donors (Lipinski definition) is 1. The lowest BCUT2D eigenvalue weighted by Crippen LogP contribution is -2.50. The molecule has 7 nitrogen and oxygen atoms in total. The van der Waals surface area contributed by atoms with E-state index in [1.807, 2.05) is 4.90 Å². The molecule has 0 radical (unpaired) electrons. The van der Waals surface area contributed by atoms with Crippen molar-refractivity contribution in [3.63, 3.8) is 0 Å². The van der Waals surface area contributed by atoms with Gasteiger partial charge >= 0.3 is 6.03 Å². The van der Waals surface area contributed by atoms with E-state index in [9.17, 15) is 14.0 Å². The van der Waals surface area contributed by atoms with Crippen molar-refractivity contribution in [2.24, 2.45) is 0 Å². The van der Waals surface area contributed by atoms with Gasteiger partial charge in [0, 0.05) is 43.5 Å². The van der Waals surface area contributed by atoms with Gasteiger partial charge < -0.3 is 24.6 Å². The van der Waals surface area contributed by atoms with Crippen LogP contribution in [0.3, 0.4) is 0 Å². The van der Waals surface area contributed by atoms with Crippen molar-refractivity contribution in [3.05, 3.63) is 47.8 Å². The number of ketones is 1. The van der Waals surface area contributed by atoms with Gasteiger partial charge in [-0.05, 0) is 37.3 Å². The first-order valence-electron chi connectivity index (χ1n) is 9.02. The van der Waals surface area contributed by atoms with E-state index in [0.717, 1.165) is 0 Å². The van der Waals surface area contributed by atoms with Crippen molar-refractivity contribution >= 4 is 23.2 Å². The fourth-order valence-electron chi connectivity index (χ4n) is 3.31. The molecule has 0 bridgehead atoms. The number of carbonyl (C=O) groups excluding carboxylic acids is 2. The van der Waals surface area contributed by atoms with Gasteiger partial charge in [0.2, 0.25) is 6.79 Å². The summed E-state index contributed by atoms with van der Waals surface area (Å²) in [5.74, 6) is 0.665. The number of ether oxygens (including phenoxy) is 2. The lowest BCUT2D eigenvalue weighted by Gasteiger charge is -2.36. The van der Waals surface area contributed by atoms with Gasteiger partial charge in [0.1, 0.15) is 5.82 Å². The molecular weight excluding hydrogens is 365 g/mol. The second-order valence-corrected chi connectivity index (χ2v) is 6.69. The Bertz CT molecular complexity index is 926. The summed E-state index contributed by atoms with van der Waals surface area (Å²) in [7, 11) is 0. The molecule has 0 spiro atoms. The molecule has 1 fully saturated rings. The van der Waals surface area contributed by atoms with Crippen LogP contribution in [-0.4, -0.2) is 49.7 Å². The van der Waals surface area contributed by atoms with Crippen molar-refractivity contribution in [2.75, 3.05) is 43.2 Å². The Morgan fingerprint density at radius 3 is 2.46 bits per heavy atom. The second-order valence-electron chi connectivity index (χ2n) is 6.69. The van der Waals surface area contributed by atoms with Crippen molar-refractivity contribution in [3.8, 4) is 11.5 Å². The number of Topliss-reactive ketones (excluding diaryl/α,β-unsaturated/α-hetero) is 1. The van der Waals surface area contributed by atoms with E-state index in [0.29, 0.717) is 54.6 Å². The number of nitrogens with zero attached hydrogens (tertiary/aromatic N) is 2. The number of halogens is 1. The van der Waals surface area contributed by atoms with Crippen LogP contribution in [-0.2, 0) is 0 Å². The standard InChI is InChI=1S/C20H20FN3O4/c1-13(25)14-2-4-17(16(21)10-14)23-6-8-24(9-7-23)20(26)22-15-3-5-18-19(11-15)28-12-27-18/h2-5,10-11H,6-9,12H2,1H3,(H,22,26). The highest BCUT2D eigenvalue weighted by Crippen LogP contribution is 2.34. The Hall–Kier alpha value is -3.29. The highest BCUT2D eigenvalue weighted by Gasteiger charge is 2.24. The maximum absolute atomic E-state index is 14.3. The number of hydrogen-bond acceptors (Lipinski definition) is 5. The molecule has 2 heterocycles. The van der Waals surface area contributed by atoms with Crippen LogP contribution in [0.5, 0.6) is 11.5 Å². The number of piperazine rings is 1. The molecule has 2 aromatic rings. The Morgan fingerprint density at radius 1 is 1.00 bits per heavy atom. The molecular formula is C20H20FN3O4. The predicted octanol–water partition coefficient (Wildman–Crippen LogP) is 3.11. The minimum Gasteiger partial charge on any atom is -0.454 e. The topological polar surface area (TPSA) is 71.1 Å². The second kappa shape index (κ2) is 7.38. The summed E-state index contributed by atoms with van der Waals surface area (Å²) in [4.78, 5) is 27.4. The van der Waals surface area contributed by atoms with Crippen LogP contribution in [0.4, 0.5) is 20.6 Å². The summed E-state index contributed by atoms with van der Waals surface area (Å²) in [6.07, 6.45) is 0. The maximum Gasteiger partial charge on any atom is 0.321 e. The summed E-state index contributed by atoms with van der Waals surface area (Å²) < 4.78 is 24.9. The van der Waals surface area contributed by atoms with Crippen LogP contribution in [0, 0.1) is 5.82 Å². The molecule has 1 N–H and O–H groups in total. The fraction of sp³-hybridized carbons (Fsp3) is 0.300. The van der Waals surface area contributed by atoms with Gasteiger partial charge in [0.15, 0.2) is 17.3 Å². The van der Waals surface area contributed by atoms with E-state index >= 15 is 0 Å². The van der Waals surface area contributed by atoms with Crippen LogP contribution in [0.2, 0.25) is 0 Å². The quantitative estimate of drug-likeness (QED) is 0.822. The number of benzene rings is 2. The Morgan fingerprint density at radius 2 is 1.75 bits per heavy atom. The normalized spacial score (nSPS) is 15.5. The fourth-order valence-corrected chi connectivity index (χ4v) is 3.31. The van der Waals surface area contributed by atoms with Crippen LogP contribution in [0.25, 0.3) is 0 Å².